The molecule has 100 valence electrons. The van der Waals surface area contributed by atoms with Crippen LogP contribution in [0.15, 0.2) is 42.9 Å². The number of aromatic nitrogens is 3. The predicted molar refractivity (Wildman–Crippen MR) is 73.5 cm³/mol. The van der Waals surface area contributed by atoms with Crippen molar-refractivity contribution in [3.05, 3.63) is 48.5 Å². The van der Waals surface area contributed by atoms with Gasteiger partial charge in [0.15, 0.2) is 0 Å². The number of methoxy groups -OCH3 is 1. The van der Waals surface area contributed by atoms with Gasteiger partial charge in [0, 0.05) is 18.0 Å². The van der Waals surface area contributed by atoms with Crippen molar-refractivity contribution in [1.82, 2.24) is 14.4 Å². The summed E-state index contributed by atoms with van der Waals surface area (Å²) in [5.41, 5.74) is 7.78. The van der Waals surface area contributed by atoms with Crippen LogP contribution in [-0.4, -0.2) is 27.4 Å². The van der Waals surface area contributed by atoms with Gasteiger partial charge in [-0.1, -0.05) is 0 Å². The SMILES string of the molecule is COc1ccc2nc(-c3ccc(C(N)=O)nc3)cn2c1. The van der Waals surface area contributed by atoms with Crippen LogP contribution in [0.4, 0.5) is 0 Å². The zero-order valence-electron chi connectivity index (χ0n) is 10.8. The Bertz CT molecular complexity index is 777. The van der Waals surface area contributed by atoms with Gasteiger partial charge in [-0.25, -0.2) is 4.98 Å². The first-order valence-corrected chi connectivity index (χ1v) is 5.96. The molecule has 0 bridgehead atoms. The summed E-state index contributed by atoms with van der Waals surface area (Å²) in [4.78, 5) is 19.5. The molecule has 0 aliphatic rings. The van der Waals surface area contributed by atoms with E-state index in [1.165, 1.54) is 0 Å². The molecule has 3 heterocycles. The van der Waals surface area contributed by atoms with Gasteiger partial charge in [0.2, 0.25) is 0 Å². The van der Waals surface area contributed by atoms with E-state index < -0.39 is 5.91 Å². The van der Waals surface area contributed by atoms with Gasteiger partial charge in [-0.15, -0.1) is 0 Å². The standard InChI is InChI=1S/C14H12N4O2/c1-20-10-3-5-13-17-12(8-18(13)7-10)9-2-4-11(14(15)19)16-6-9/h2-8H,1H3,(H2,15,19). The third-order valence-electron chi connectivity index (χ3n) is 2.97. The highest BCUT2D eigenvalue weighted by molar-refractivity contribution is 5.91. The molecule has 3 aromatic rings. The number of primary amides is 1. The van der Waals surface area contributed by atoms with E-state index in [1.807, 2.05) is 28.9 Å². The van der Waals surface area contributed by atoms with Crippen molar-refractivity contribution in [2.45, 2.75) is 0 Å². The van der Waals surface area contributed by atoms with Crippen molar-refractivity contribution in [3.8, 4) is 17.0 Å². The van der Waals surface area contributed by atoms with Crippen LogP contribution in [0.1, 0.15) is 10.5 Å². The highest BCUT2D eigenvalue weighted by Crippen LogP contribution is 2.20. The quantitative estimate of drug-likeness (QED) is 0.780. The lowest BCUT2D eigenvalue weighted by Gasteiger charge is -1.98. The van der Waals surface area contributed by atoms with Crippen LogP contribution in [0.5, 0.6) is 5.75 Å². The van der Waals surface area contributed by atoms with Crippen LogP contribution >= 0.6 is 0 Å². The van der Waals surface area contributed by atoms with Gasteiger partial charge in [0.05, 0.1) is 19.0 Å². The van der Waals surface area contributed by atoms with Crippen molar-refractivity contribution in [3.63, 3.8) is 0 Å². The maximum absolute atomic E-state index is 11.0. The highest BCUT2D eigenvalue weighted by Gasteiger charge is 2.07. The summed E-state index contributed by atoms with van der Waals surface area (Å²) in [5.74, 6) is 0.208. The summed E-state index contributed by atoms with van der Waals surface area (Å²) in [5, 5.41) is 0. The smallest absolute Gasteiger partial charge is 0.267 e. The number of hydrogen-bond donors (Lipinski definition) is 1. The minimum absolute atomic E-state index is 0.235. The molecule has 0 saturated heterocycles. The fourth-order valence-corrected chi connectivity index (χ4v) is 1.92. The number of hydrogen-bond acceptors (Lipinski definition) is 4. The Kier molecular flexibility index (Phi) is 2.83. The van der Waals surface area contributed by atoms with Gasteiger partial charge in [-0.2, -0.15) is 0 Å². The number of nitrogens with two attached hydrogens (primary N) is 1. The molecule has 0 atom stereocenters. The van der Waals surface area contributed by atoms with Crippen molar-refractivity contribution in [1.29, 1.82) is 0 Å². The van der Waals surface area contributed by atoms with Crippen molar-refractivity contribution >= 4 is 11.6 Å². The highest BCUT2D eigenvalue weighted by atomic mass is 16.5. The van der Waals surface area contributed by atoms with E-state index in [1.54, 1.807) is 25.4 Å². The summed E-state index contributed by atoms with van der Waals surface area (Å²) in [6.45, 7) is 0. The summed E-state index contributed by atoms with van der Waals surface area (Å²) < 4.78 is 7.04. The molecule has 0 unspecified atom stereocenters. The molecule has 0 fully saturated rings. The summed E-state index contributed by atoms with van der Waals surface area (Å²) >= 11 is 0. The first-order chi connectivity index (χ1) is 9.67. The lowest BCUT2D eigenvalue weighted by Crippen LogP contribution is -2.12. The van der Waals surface area contributed by atoms with Crippen LogP contribution in [0.25, 0.3) is 16.9 Å². The van der Waals surface area contributed by atoms with Gasteiger partial charge in [0.25, 0.3) is 5.91 Å². The van der Waals surface area contributed by atoms with Gasteiger partial charge in [-0.05, 0) is 24.3 Å². The van der Waals surface area contributed by atoms with Crippen LogP contribution in [0.2, 0.25) is 0 Å². The molecule has 0 aliphatic carbocycles. The van der Waals surface area contributed by atoms with Crippen LogP contribution in [0, 0.1) is 0 Å². The van der Waals surface area contributed by atoms with E-state index in [2.05, 4.69) is 9.97 Å². The molecule has 3 aromatic heterocycles. The minimum atomic E-state index is -0.545. The molecule has 6 nitrogen and oxygen atoms in total. The first kappa shape index (κ1) is 12.2. The van der Waals surface area contributed by atoms with E-state index >= 15 is 0 Å². The van der Waals surface area contributed by atoms with Crippen LogP contribution in [-0.2, 0) is 0 Å². The fraction of sp³-hybridized carbons (Fsp3) is 0.0714. The molecule has 0 spiro atoms. The third kappa shape index (κ3) is 2.07. The Morgan fingerprint density at radius 3 is 2.75 bits per heavy atom. The van der Waals surface area contributed by atoms with E-state index in [-0.39, 0.29) is 5.69 Å². The molecule has 20 heavy (non-hydrogen) atoms. The number of fused-ring (bicyclic) bond motifs is 1. The molecular formula is C14H12N4O2. The minimum Gasteiger partial charge on any atom is -0.495 e. The molecule has 0 aliphatic heterocycles. The Morgan fingerprint density at radius 2 is 2.10 bits per heavy atom. The Hall–Kier alpha value is -2.89. The first-order valence-electron chi connectivity index (χ1n) is 5.96. The lowest BCUT2D eigenvalue weighted by atomic mass is 10.2. The summed E-state index contributed by atoms with van der Waals surface area (Å²) in [6, 6.07) is 7.07. The maximum Gasteiger partial charge on any atom is 0.267 e. The van der Waals surface area contributed by atoms with Crippen LogP contribution in [0.3, 0.4) is 0 Å². The number of rotatable bonds is 3. The molecule has 0 aromatic carbocycles. The number of nitrogens with zero attached hydrogens (tertiary/aromatic N) is 3. The summed E-state index contributed by atoms with van der Waals surface area (Å²) in [6.07, 6.45) is 5.30. The number of pyridine rings is 2. The molecular weight excluding hydrogens is 256 g/mol. The van der Waals surface area contributed by atoms with Crippen molar-refractivity contribution in [2.75, 3.05) is 7.11 Å². The average Bonchev–Trinajstić information content (AvgIpc) is 2.90. The normalized spacial score (nSPS) is 10.7. The molecule has 1 amide bonds. The monoisotopic (exact) mass is 268 g/mol. The molecule has 6 heteroatoms. The topological polar surface area (TPSA) is 82.5 Å². The second kappa shape index (κ2) is 4.65. The number of amides is 1. The van der Waals surface area contributed by atoms with Crippen molar-refractivity contribution in [2.24, 2.45) is 5.73 Å². The van der Waals surface area contributed by atoms with E-state index in [9.17, 15) is 4.79 Å². The zero-order chi connectivity index (χ0) is 14.1. The molecule has 3 rings (SSSR count). The Morgan fingerprint density at radius 1 is 1.25 bits per heavy atom. The predicted octanol–water partition coefficient (Wildman–Crippen LogP) is 1.50. The fourth-order valence-electron chi connectivity index (χ4n) is 1.92. The second-order valence-corrected chi connectivity index (χ2v) is 4.26. The molecule has 0 saturated carbocycles. The van der Waals surface area contributed by atoms with E-state index in [0.717, 1.165) is 22.7 Å². The van der Waals surface area contributed by atoms with Gasteiger partial charge >= 0.3 is 0 Å². The number of carbonyl (C=O) groups is 1. The van der Waals surface area contributed by atoms with E-state index in [4.69, 9.17) is 10.5 Å². The molecule has 2 N–H and O–H groups in total. The summed E-state index contributed by atoms with van der Waals surface area (Å²) in [7, 11) is 1.62. The second-order valence-electron chi connectivity index (χ2n) is 4.26. The number of imidazole rings is 1. The molecule has 0 radical (unpaired) electrons. The van der Waals surface area contributed by atoms with Gasteiger partial charge in [0.1, 0.15) is 17.1 Å². The lowest BCUT2D eigenvalue weighted by molar-refractivity contribution is 0.0995. The average molecular weight is 268 g/mol. The zero-order valence-corrected chi connectivity index (χ0v) is 10.8. The number of carbonyl (C=O) groups excluding carboxylic acids is 1. The maximum atomic E-state index is 11.0. The largest absolute Gasteiger partial charge is 0.495 e. The number of ether oxygens (including phenoxy) is 1. The van der Waals surface area contributed by atoms with Crippen molar-refractivity contribution < 1.29 is 9.53 Å². The van der Waals surface area contributed by atoms with E-state index in [0.29, 0.717) is 0 Å². The third-order valence-corrected chi connectivity index (χ3v) is 2.97. The van der Waals surface area contributed by atoms with Gasteiger partial charge in [-0.3, -0.25) is 9.78 Å². The Labute approximate surface area is 114 Å². The Balaban J connectivity index is 2.03. The van der Waals surface area contributed by atoms with Crippen LogP contribution < -0.4 is 10.5 Å². The van der Waals surface area contributed by atoms with Gasteiger partial charge < -0.3 is 14.9 Å².